The molecule has 1 fully saturated rings. The number of fused-ring (bicyclic) bond motifs is 1. The zero-order chi connectivity index (χ0) is 11.7. The molecule has 2 aromatic carbocycles. The number of hydrogen-bond acceptors (Lipinski definition) is 2. The molecule has 0 saturated carbocycles. The fraction of sp³-hybridized carbons (Fsp3) is 0.333. The van der Waals surface area contributed by atoms with E-state index in [-0.39, 0.29) is 0 Å². The lowest BCUT2D eigenvalue weighted by atomic mass is 9.99. The Kier molecular flexibility index (Phi) is 3.08. The largest absolute Gasteiger partial charge is 0.306 e. The maximum atomic E-state index is 3.70. The first-order valence-corrected chi connectivity index (χ1v) is 7.31. The minimum atomic E-state index is 0.495. The van der Waals surface area contributed by atoms with Crippen molar-refractivity contribution in [3.63, 3.8) is 0 Å². The van der Waals surface area contributed by atoms with Gasteiger partial charge in [0.05, 0.1) is 0 Å². The first-order chi connectivity index (χ1) is 8.34. The summed E-state index contributed by atoms with van der Waals surface area (Å²) in [6, 6.07) is 16.4. The molecule has 88 valence electrons. The smallest absolute Gasteiger partial charge is 0.0420 e. The standard InChI is InChI=1S/C15H17NS/c1-11-9-17-10-15(16-11)14-8-4-6-12-5-2-3-7-13(12)14/h2-8,11,15-16H,9-10H2,1H3. The summed E-state index contributed by atoms with van der Waals surface area (Å²) in [7, 11) is 0. The van der Waals surface area contributed by atoms with E-state index < -0.39 is 0 Å². The lowest BCUT2D eigenvalue weighted by Crippen LogP contribution is -2.37. The molecule has 2 atom stereocenters. The van der Waals surface area contributed by atoms with Crippen molar-refractivity contribution in [2.45, 2.75) is 19.0 Å². The van der Waals surface area contributed by atoms with Gasteiger partial charge in [-0.1, -0.05) is 42.5 Å². The summed E-state index contributed by atoms with van der Waals surface area (Å²) in [6.45, 7) is 2.27. The second kappa shape index (κ2) is 4.71. The molecule has 1 aliphatic rings. The highest BCUT2D eigenvalue weighted by Crippen LogP contribution is 2.29. The predicted molar refractivity (Wildman–Crippen MR) is 76.6 cm³/mol. The monoisotopic (exact) mass is 243 g/mol. The van der Waals surface area contributed by atoms with Crippen molar-refractivity contribution >= 4 is 22.5 Å². The lowest BCUT2D eigenvalue weighted by Gasteiger charge is -2.29. The quantitative estimate of drug-likeness (QED) is 0.821. The molecule has 0 bridgehead atoms. The normalized spacial score (nSPS) is 25.0. The molecule has 2 heteroatoms. The highest BCUT2D eigenvalue weighted by Gasteiger charge is 2.20. The van der Waals surface area contributed by atoms with E-state index >= 15 is 0 Å². The van der Waals surface area contributed by atoms with Crippen molar-refractivity contribution in [2.24, 2.45) is 0 Å². The average Bonchev–Trinajstić information content (AvgIpc) is 2.38. The van der Waals surface area contributed by atoms with Crippen molar-refractivity contribution in [3.05, 3.63) is 48.0 Å². The van der Waals surface area contributed by atoms with E-state index in [0.29, 0.717) is 12.1 Å². The molecule has 0 radical (unpaired) electrons. The molecule has 0 aromatic heterocycles. The molecule has 3 rings (SSSR count). The van der Waals surface area contributed by atoms with Crippen LogP contribution in [0.25, 0.3) is 10.8 Å². The van der Waals surface area contributed by atoms with Gasteiger partial charge in [0.15, 0.2) is 0 Å². The maximum Gasteiger partial charge on any atom is 0.0420 e. The third-order valence-corrected chi connectivity index (χ3v) is 4.64. The second-order valence-electron chi connectivity index (χ2n) is 4.73. The average molecular weight is 243 g/mol. The maximum absolute atomic E-state index is 3.70. The number of thioether (sulfide) groups is 1. The van der Waals surface area contributed by atoms with E-state index in [4.69, 9.17) is 0 Å². The van der Waals surface area contributed by atoms with Crippen molar-refractivity contribution in [2.75, 3.05) is 11.5 Å². The third-order valence-electron chi connectivity index (χ3n) is 3.34. The number of rotatable bonds is 1. The summed E-state index contributed by atoms with van der Waals surface area (Å²) in [6.07, 6.45) is 0. The minimum Gasteiger partial charge on any atom is -0.306 e. The van der Waals surface area contributed by atoms with Crippen LogP contribution in [0.4, 0.5) is 0 Å². The Labute approximate surface area is 107 Å². The summed E-state index contributed by atoms with van der Waals surface area (Å²) < 4.78 is 0. The molecular formula is C15H17NS. The number of benzene rings is 2. The van der Waals surface area contributed by atoms with Gasteiger partial charge >= 0.3 is 0 Å². The fourth-order valence-corrected chi connectivity index (χ4v) is 3.63. The van der Waals surface area contributed by atoms with Crippen molar-refractivity contribution in [3.8, 4) is 0 Å². The molecule has 2 unspecified atom stereocenters. The zero-order valence-corrected chi connectivity index (χ0v) is 10.8. The first kappa shape index (κ1) is 11.1. The minimum absolute atomic E-state index is 0.495. The number of hydrogen-bond donors (Lipinski definition) is 1. The Bertz CT molecular complexity index is 518. The van der Waals surface area contributed by atoms with Gasteiger partial charge in [-0.2, -0.15) is 11.8 Å². The Hall–Kier alpha value is -0.990. The Morgan fingerprint density at radius 3 is 2.76 bits per heavy atom. The van der Waals surface area contributed by atoms with Crippen LogP contribution in [-0.2, 0) is 0 Å². The molecule has 0 spiro atoms. The van der Waals surface area contributed by atoms with Gasteiger partial charge in [0.1, 0.15) is 0 Å². The molecule has 2 aromatic rings. The zero-order valence-electron chi connectivity index (χ0n) is 10.0. The van der Waals surface area contributed by atoms with E-state index in [1.54, 1.807) is 0 Å². The molecule has 17 heavy (non-hydrogen) atoms. The van der Waals surface area contributed by atoms with Gasteiger partial charge in [-0.15, -0.1) is 0 Å². The fourth-order valence-electron chi connectivity index (χ4n) is 2.54. The molecule has 0 aliphatic carbocycles. The summed E-state index contributed by atoms with van der Waals surface area (Å²) in [5.74, 6) is 2.40. The van der Waals surface area contributed by atoms with Gasteiger partial charge in [0.25, 0.3) is 0 Å². The number of nitrogens with one attached hydrogen (secondary N) is 1. The first-order valence-electron chi connectivity index (χ1n) is 6.16. The van der Waals surface area contributed by atoms with Crippen LogP contribution in [0.2, 0.25) is 0 Å². The van der Waals surface area contributed by atoms with Gasteiger partial charge < -0.3 is 5.32 Å². The van der Waals surface area contributed by atoms with Crippen LogP contribution in [0.3, 0.4) is 0 Å². The predicted octanol–water partition coefficient (Wildman–Crippen LogP) is 3.61. The molecule has 1 aliphatic heterocycles. The SMILES string of the molecule is CC1CSCC(c2cccc3ccccc23)N1. The van der Waals surface area contributed by atoms with Gasteiger partial charge in [-0.3, -0.25) is 0 Å². The van der Waals surface area contributed by atoms with E-state index in [9.17, 15) is 0 Å². The molecule has 1 saturated heterocycles. The van der Waals surface area contributed by atoms with Gasteiger partial charge in [0, 0.05) is 23.6 Å². The summed E-state index contributed by atoms with van der Waals surface area (Å²) in [4.78, 5) is 0. The Balaban J connectivity index is 2.04. The van der Waals surface area contributed by atoms with Crippen molar-refractivity contribution < 1.29 is 0 Å². The summed E-state index contributed by atoms with van der Waals surface area (Å²) in [5, 5.41) is 6.44. The summed E-state index contributed by atoms with van der Waals surface area (Å²) >= 11 is 2.05. The van der Waals surface area contributed by atoms with E-state index in [0.717, 1.165) is 0 Å². The Morgan fingerprint density at radius 1 is 1.06 bits per heavy atom. The van der Waals surface area contributed by atoms with Crippen LogP contribution in [0.5, 0.6) is 0 Å². The van der Waals surface area contributed by atoms with Gasteiger partial charge in [-0.25, -0.2) is 0 Å². The van der Waals surface area contributed by atoms with Crippen LogP contribution in [0.15, 0.2) is 42.5 Å². The van der Waals surface area contributed by atoms with Crippen LogP contribution in [0.1, 0.15) is 18.5 Å². The van der Waals surface area contributed by atoms with E-state index in [2.05, 4.69) is 66.5 Å². The topological polar surface area (TPSA) is 12.0 Å². The molecule has 0 amide bonds. The highest BCUT2D eigenvalue weighted by molar-refractivity contribution is 7.99. The van der Waals surface area contributed by atoms with Crippen LogP contribution >= 0.6 is 11.8 Å². The third kappa shape index (κ3) is 2.20. The van der Waals surface area contributed by atoms with Crippen molar-refractivity contribution in [1.82, 2.24) is 5.32 Å². The van der Waals surface area contributed by atoms with Crippen LogP contribution in [-0.4, -0.2) is 17.5 Å². The van der Waals surface area contributed by atoms with Crippen LogP contribution in [0, 0.1) is 0 Å². The second-order valence-corrected chi connectivity index (χ2v) is 5.80. The van der Waals surface area contributed by atoms with Crippen LogP contribution < -0.4 is 5.32 Å². The molecule has 1 N–H and O–H groups in total. The molecule has 1 nitrogen and oxygen atoms in total. The lowest BCUT2D eigenvalue weighted by molar-refractivity contribution is 0.505. The van der Waals surface area contributed by atoms with Crippen molar-refractivity contribution in [1.29, 1.82) is 0 Å². The van der Waals surface area contributed by atoms with E-state index in [1.165, 1.54) is 27.8 Å². The molecule has 1 heterocycles. The van der Waals surface area contributed by atoms with Gasteiger partial charge in [-0.05, 0) is 23.3 Å². The van der Waals surface area contributed by atoms with E-state index in [1.807, 2.05) is 0 Å². The Morgan fingerprint density at radius 2 is 1.88 bits per heavy atom. The van der Waals surface area contributed by atoms with Gasteiger partial charge in [0.2, 0.25) is 0 Å². The highest BCUT2D eigenvalue weighted by atomic mass is 32.2. The molecular weight excluding hydrogens is 226 g/mol. The summed E-state index contributed by atoms with van der Waals surface area (Å²) in [5.41, 5.74) is 1.45.